The predicted molar refractivity (Wildman–Crippen MR) is 80.3 cm³/mol. The maximum Gasteiger partial charge on any atom is 0.407 e. The number of amides is 1. The van der Waals surface area contributed by atoms with Gasteiger partial charge in [-0.05, 0) is 37.1 Å². The van der Waals surface area contributed by atoms with Gasteiger partial charge in [-0.2, -0.15) is 4.31 Å². The molecule has 0 saturated carbocycles. The van der Waals surface area contributed by atoms with Crippen LogP contribution in [-0.4, -0.2) is 52.2 Å². The highest BCUT2D eigenvalue weighted by Crippen LogP contribution is 2.22. The molecule has 122 valence electrons. The largest absolute Gasteiger partial charge is 0.497 e. The Bertz CT molecular complexity index is 607. The zero-order valence-corrected chi connectivity index (χ0v) is 13.4. The molecule has 7 nitrogen and oxygen atoms in total. The molecular weight excluding hydrogens is 308 g/mol. The van der Waals surface area contributed by atoms with E-state index in [0.717, 1.165) is 0 Å². The summed E-state index contributed by atoms with van der Waals surface area (Å²) >= 11 is 0. The molecule has 0 aliphatic carbocycles. The normalized spacial score (nSPS) is 17.0. The van der Waals surface area contributed by atoms with Crippen molar-refractivity contribution in [1.29, 1.82) is 0 Å². The average Bonchev–Trinajstić information content (AvgIpc) is 2.55. The number of ether oxygens (including phenoxy) is 2. The van der Waals surface area contributed by atoms with Gasteiger partial charge < -0.3 is 14.8 Å². The lowest BCUT2D eigenvalue weighted by atomic mass is 10.1. The lowest BCUT2D eigenvalue weighted by molar-refractivity contribution is 0.161. The second-order valence-corrected chi connectivity index (χ2v) is 6.93. The van der Waals surface area contributed by atoms with E-state index in [0.29, 0.717) is 31.7 Å². The summed E-state index contributed by atoms with van der Waals surface area (Å²) in [5.41, 5.74) is 0. The molecule has 1 N–H and O–H groups in total. The Morgan fingerprint density at radius 2 is 1.77 bits per heavy atom. The number of nitrogens with zero attached hydrogens (tertiary/aromatic N) is 1. The Hall–Kier alpha value is -1.80. The summed E-state index contributed by atoms with van der Waals surface area (Å²) in [5, 5.41) is 2.70. The highest BCUT2D eigenvalue weighted by Gasteiger charge is 2.30. The lowest BCUT2D eigenvalue weighted by Gasteiger charge is -2.31. The summed E-state index contributed by atoms with van der Waals surface area (Å²) < 4.78 is 36.1. The van der Waals surface area contributed by atoms with Crippen LogP contribution in [0.1, 0.15) is 12.8 Å². The highest BCUT2D eigenvalue weighted by molar-refractivity contribution is 7.89. The van der Waals surface area contributed by atoms with Crippen LogP contribution < -0.4 is 10.1 Å². The molecule has 1 aliphatic rings. The number of hydrogen-bond acceptors (Lipinski definition) is 5. The molecule has 0 bridgehead atoms. The third-order valence-corrected chi connectivity index (χ3v) is 5.57. The molecule has 0 radical (unpaired) electrons. The van der Waals surface area contributed by atoms with Crippen molar-refractivity contribution in [3.8, 4) is 5.75 Å². The summed E-state index contributed by atoms with van der Waals surface area (Å²) in [6.45, 7) is 0.728. The number of methoxy groups -OCH3 is 2. The Morgan fingerprint density at radius 1 is 1.18 bits per heavy atom. The van der Waals surface area contributed by atoms with Crippen molar-refractivity contribution in [2.75, 3.05) is 27.3 Å². The van der Waals surface area contributed by atoms with Crippen LogP contribution in [-0.2, 0) is 14.8 Å². The molecule has 1 aromatic carbocycles. The third kappa shape index (κ3) is 3.69. The summed E-state index contributed by atoms with van der Waals surface area (Å²) in [4.78, 5) is 11.4. The molecule has 1 heterocycles. The van der Waals surface area contributed by atoms with Gasteiger partial charge in [0.1, 0.15) is 5.75 Å². The molecule has 22 heavy (non-hydrogen) atoms. The van der Waals surface area contributed by atoms with E-state index < -0.39 is 16.1 Å². The summed E-state index contributed by atoms with van der Waals surface area (Å²) in [5.74, 6) is 0.611. The van der Waals surface area contributed by atoms with Gasteiger partial charge >= 0.3 is 6.09 Å². The quantitative estimate of drug-likeness (QED) is 0.898. The molecule has 1 aromatic rings. The van der Waals surface area contributed by atoms with Crippen molar-refractivity contribution in [3.05, 3.63) is 24.3 Å². The maximum atomic E-state index is 12.5. The Labute approximate surface area is 130 Å². The predicted octanol–water partition coefficient (Wildman–Crippen LogP) is 1.20. The summed E-state index contributed by atoms with van der Waals surface area (Å²) in [7, 11) is -0.676. The SMILES string of the molecule is COC(=O)NC1CCN(S(=O)(=O)c2ccc(OC)cc2)CC1. The van der Waals surface area contributed by atoms with Crippen LogP contribution in [0.2, 0.25) is 0 Å². The van der Waals surface area contributed by atoms with E-state index in [2.05, 4.69) is 10.1 Å². The van der Waals surface area contributed by atoms with Crippen LogP contribution in [0.5, 0.6) is 5.75 Å². The number of alkyl carbamates (subject to hydrolysis) is 1. The molecular formula is C14H20N2O5S. The number of piperidine rings is 1. The third-order valence-electron chi connectivity index (χ3n) is 3.66. The van der Waals surface area contributed by atoms with Crippen LogP contribution in [0.4, 0.5) is 4.79 Å². The van der Waals surface area contributed by atoms with Gasteiger partial charge in [0.2, 0.25) is 10.0 Å². The van der Waals surface area contributed by atoms with Gasteiger partial charge in [0.05, 0.1) is 19.1 Å². The molecule has 2 rings (SSSR count). The first-order valence-corrected chi connectivity index (χ1v) is 8.40. The zero-order chi connectivity index (χ0) is 16.2. The number of sulfonamides is 1. The molecule has 8 heteroatoms. The van der Waals surface area contributed by atoms with Crippen molar-refractivity contribution in [2.45, 2.75) is 23.8 Å². The standard InChI is InChI=1S/C14H20N2O5S/c1-20-12-3-5-13(6-4-12)22(18,19)16-9-7-11(8-10-16)15-14(17)21-2/h3-6,11H,7-10H2,1-2H3,(H,15,17). The number of nitrogens with one attached hydrogen (secondary N) is 1. The van der Waals surface area contributed by atoms with E-state index in [1.165, 1.54) is 30.7 Å². The van der Waals surface area contributed by atoms with Gasteiger partial charge in [-0.3, -0.25) is 0 Å². The van der Waals surface area contributed by atoms with Gasteiger partial charge in [-0.1, -0.05) is 0 Å². The molecule has 1 aliphatic heterocycles. The smallest absolute Gasteiger partial charge is 0.407 e. The summed E-state index contributed by atoms with van der Waals surface area (Å²) in [6, 6.07) is 6.26. The van der Waals surface area contributed by atoms with Crippen LogP contribution >= 0.6 is 0 Å². The number of hydrogen-bond donors (Lipinski definition) is 1. The van der Waals surface area contributed by atoms with Crippen molar-refractivity contribution in [1.82, 2.24) is 9.62 Å². The molecule has 1 amide bonds. The Morgan fingerprint density at radius 3 is 2.27 bits per heavy atom. The topological polar surface area (TPSA) is 84.9 Å². The maximum absolute atomic E-state index is 12.5. The Kier molecular flexibility index (Phi) is 5.25. The van der Waals surface area contributed by atoms with Crippen molar-refractivity contribution in [3.63, 3.8) is 0 Å². The second kappa shape index (κ2) is 6.97. The van der Waals surface area contributed by atoms with E-state index in [9.17, 15) is 13.2 Å². The highest BCUT2D eigenvalue weighted by atomic mass is 32.2. The summed E-state index contributed by atoms with van der Waals surface area (Å²) in [6.07, 6.45) is 0.631. The van der Waals surface area contributed by atoms with E-state index in [1.54, 1.807) is 12.1 Å². The van der Waals surface area contributed by atoms with Gasteiger partial charge in [0.25, 0.3) is 0 Å². The van der Waals surface area contributed by atoms with Gasteiger partial charge in [-0.25, -0.2) is 13.2 Å². The van der Waals surface area contributed by atoms with Crippen LogP contribution in [0.25, 0.3) is 0 Å². The van der Waals surface area contributed by atoms with Gasteiger partial charge in [-0.15, -0.1) is 0 Å². The lowest BCUT2D eigenvalue weighted by Crippen LogP contribution is -2.46. The minimum atomic E-state index is -3.51. The molecule has 1 saturated heterocycles. The fraction of sp³-hybridized carbons (Fsp3) is 0.500. The minimum Gasteiger partial charge on any atom is -0.497 e. The van der Waals surface area contributed by atoms with E-state index in [-0.39, 0.29) is 10.9 Å². The first kappa shape index (κ1) is 16.6. The first-order valence-electron chi connectivity index (χ1n) is 6.96. The van der Waals surface area contributed by atoms with Crippen molar-refractivity contribution in [2.24, 2.45) is 0 Å². The molecule has 0 atom stereocenters. The number of carbonyl (C=O) groups excluding carboxylic acids is 1. The van der Waals surface area contributed by atoms with Crippen LogP contribution in [0.15, 0.2) is 29.2 Å². The van der Waals surface area contributed by atoms with Crippen molar-refractivity contribution >= 4 is 16.1 Å². The fourth-order valence-electron chi connectivity index (χ4n) is 2.36. The average molecular weight is 328 g/mol. The molecule has 0 aromatic heterocycles. The van der Waals surface area contributed by atoms with E-state index >= 15 is 0 Å². The van der Waals surface area contributed by atoms with Gasteiger partial charge in [0.15, 0.2) is 0 Å². The first-order chi connectivity index (χ1) is 10.5. The monoisotopic (exact) mass is 328 g/mol. The molecule has 0 spiro atoms. The fourth-order valence-corrected chi connectivity index (χ4v) is 3.83. The van der Waals surface area contributed by atoms with Gasteiger partial charge in [0, 0.05) is 19.1 Å². The molecule has 0 unspecified atom stereocenters. The van der Waals surface area contributed by atoms with Crippen LogP contribution in [0, 0.1) is 0 Å². The second-order valence-electron chi connectivity index (χ2n) is 4.99. The number of benzene rings is 1. The van der Waals surface area contributed by atoms with E-state index in [1.807, 2.05) is 0 Å². The number of rotatable bonds is 4. The zero-order valence-electron chi connectivity index (χ0n) is 12.6. The van der Waals surface area contributed by atoms with E-state index in [4.69, 9.17) is 4.74 Å². The number of carbonyl (C=O) groups is 1. The molecule has 1 fully saturated rings. The van der Waals surface area contributed by atoms with Crippen LogP contribution in [0.3, 0.4) is 0 Å². The Balaban J connectivity index is 2.01. The van der Waals surface area contributed by atoms with Crippen molar-refractivity contribution < 1.29 is 22.7 Å². The minimum absolute atomic E-state index is 0.0604.